The van der Waals surface area contributed by atoms with Crippen molar-refractivity contribution in [2.24, 2.45) is 0 Å². The van der Waals surface area contributed by atoms with Crippen molar-refractivity contribution in [3.63, 3.8) is 0 Å². The first-order valence-electron chi connectivity index (χ1n) is 5.53. The standard InChI is InChI=1S/C12H13N3O/c1-2-4-9(5-3-1)12-15-14-11(16-12)8-13-10-6-7-10/h1-5,10,13H,6-8H2. The Morgan fingerprint density at radius 3 is 2.75 bits per heavy atom. The van der Waals surface area contributed by atoms with E-state index in [-0.39, 0.29) is 0 Å². The van der Waals surface area contributed by atoms with Crippen molar-refractivity contribution in [3.8, 4) is 11.5 Å². The largest absolute Gasteiger partial charge is 0.419 e. The monoisotopic (exact) mass is 215 g/mol. The lowest BCUT2D eigenvalue weighted by molar-refractivity contribution is 0.476. The molecule has 1 aromatic carbocycles. The molecule has 0 radical (unpaired) electrons. The second-order valence-corrected chi connectivity index (χ2v) is 4.02. The molecule has 0 amide bonds. The van der Waals surface area contributed by atoms with Gasteiger partial charge in [0, 0.05) is 11.6 Å². The zero-order chi connectivity index (χ0) is 10.8. The van der Waals surface area contributed by atoms with Crippen molar-refractivity contribution in [2.45, 2.75) is 25.4 Å². The molecule has 16 heavy (non-hydrogen) atoms. The van der Waals surface area contributed by atoms with Crippen LogP contribution in [0.2, 0.25) is 0 Å². The van der Waals surface area contributed by atoms with E-state index >= 15 is 0 Å². The van der Waals surface area contributed by atoms with Crippen LogP contribution in [-0.2, 0) is 6.54 Å². The Bertz CT molecular complexity index is 462. The minimum Gasteiger partial charge on any atom is -0.419 e. The first-order valence-corrected chi connectivity index (χ1v) is 5.53. The summed E-state index contributed by atoms with van der Waals surface area (Å²) in [7, 11) is 0. The molecule has 1 fully saturated rings. The fraction of sp³-hybridized carbons (Fsp3) is 0.333. The molecule has 0 bridgehead atoms. The second-order valence-electron chi connectivity index (χ2n) is 4.02. The Labute approximate surface area is 93.7 Å². The van der Waals surface area contributed by atoms with E-state index in [1.165, 1.54) is 12.8 Å². The van der Waals surface area contributed by atoms with Crippen LogP contribution < -0.4 is 5.32 Å². The molecular weight excluding hydrogens is 202 g/mol. The maximum atomic E-state index is 5.56. The lowest BCUT2D eigenvalue weighted by atomic mass is 10.2. The van der Waals surface area contributed by atoms with Crippen molar-refractivity contribution >= 4 is 0 Å². The van der Waals surface area contributed by atoms with Gasteiger partial charge in [0.25, 0.3) is 0 Å². The number of nitrogens with one attached hydrogen (secondary N) is 1. The lowest BCUT2D eigenvalue weighted by Gasteiger charge is -1.96. The van der Waals surface area contributed by atoms with Crippen LogP contribution in [0, 0.1) is 0 Å². The first-order chi connectivity index (χ1) is 7.92. The van der Waals surface area contributed by atoms with Gasteiger partial charge in [-0.15, -0.1) is 10.2 Å². The fourth-order valence-electron chi connectivity index (χ4n) is 1.54. The van der Waals surface area contributed by atoms with E-state index in [9.17, 15) is 0 Å². The third kappa shape index (κ3) is 2.12. The van der Waals surface area contributed by atoms with E-state index in [1.807, 2.05) is 30.3 Å². The quantitative estimate of drug-likeness (QED) is 0.847. The minimum absolute atomic E-state index is 0.591. The van der Waals surface area contributed by atoms with Crippen molar-refractivity contribution < 1.29 is 4.42 Å². The van der Waals surface area contributed by atoms with Crippen LogP contribution in [0.15, 0.2) is 34.7 Å². The molecule has 4 nitrogen and oxygen atoms in total. The number of hydrogen-bond donors (Lipinski definition) is 1. The van der Waals surface area contributed by atoms with Crippen LogP contribution in [0.4, 0.5) is 0 Å². The topological polar surface area (TPSA) is 51.0 Å². The molecule has 1 N–H and O–H groups in total. The molecule has 0 aliphatic heterocycles. The normalized spacial score (nSPS) is 15.2. The van der Waals surface area contributed by atoms with Crippen LogP contribution in [0.5, 0.6) is 0 Å². The lowest BCUT2D eigenvalue weighted by Crippen LogP contribution is -2.15. The molecule has 1 aliphatic carbocycles. The summed E-state index contributed by atoms with van der Waals surface area (Å²) in [5.74, 6) is 1.25. The van der Waals surface area contributed by atoms with Gasteiger partial charge in [-0.3, -0.25) is 0 Å². The highest BCUT2D eigenvalue weighted by Crippen LogP contribution is 2.20. The molecule has 0 spiro atoms. The van der Waals surface area contributed by atoms with Gasteiger partial charge in [-0.25, -0.2) is 0 Å². The third-order valence-corrected chi connectivity index (χ3v) is 2.61. The van der Waals surface area contributed by atoms with Gasteiger partial charge in [-0.05, 0) is 25.0 Å². The summed E-state index contributed by atoms with van der Waals surface area (Å²) < 4.78 is 5.56. The van der Waals surface area contributed by atoms with Crippen LogP contribution >= 0.6 is 0 Å². The third-order valence-electron chi connectivity index (χ3n) is 2.61. The van der Waals surface area contributed by atoms with Crippen molar-refractivity contribution in [1.82, 2.24) is 15.5 Å². The molecule has 1 aromatic heterocycles. The van der Waals surface area contributed by atoms with Gasteiger partial charge in [0.15, 0.2) is 0 Å². The smallest absolute Gasteiger partial charge is 0.247 e. The van der Waals surface area contributed by atoms with Crippen molar-refractivity contribution in [2.75, 3.05) is 0 Å². The summed E-state index contributed by atoms with van der Waals surface area (Å²) in [6.07, 6.45) is 2.53. The van der Waals surface area contributed by atoms with E-state index in [2.05, 4.69) is 15.5 Å². The summed E-state index contributed by atoms with van der Waals surface area (Å²) in [5, 5.41) is 11.4. The molecule has 0 saturated heterocycles. The number of benzene rings is 1. The maximum absolute atomic E-state index is 5.56. The SMILES string of the molecule is c1ccc(-c2nnc(CNC3CC3)o2)cc1. The molecule has 0 atom stereocenters. The number of nitrogens with zero attached hydrogens (tertiary/aromatic N) is 2. The van der Waals surface area contributed by atoms with E-state index in [0.717, 1.165) is 5.56 Å². The molecule has 4 heteroatoms. The van der Waals surface area contributed by atoms with Gasteiger partial charge in [-0.2, -0.15) is 0 Å². The van der Waals surface area contributed by atoms with Gasteiger partial charge in [0.05, 0.1) is 6.54 Å². The van der Waals surface area contributed by atoms with Crippen LogP contribution in [0.1, 0.15) is 18.7 Å². The molecule has 0 unspecified atom stereocenters. The van der Waals surface area contributed by atoms with E-state index in [4.69, 9.17) is 4.42 Å². The molecular formula is C12H13N3O. The van der Waals surface area contributed by atoms with Crippen molar-refractivity contribution in [3.05, 3.63) is 36.2 Å². The zero-order valence-corrected chi connectivity index (χ0v) is 8.89. The molecule has 2 aromatic rings. The molecule has 1 saturated carbocycles. The Hall–Kier alpha value is -1.68. The summed E-state index contributed by atoms with van der Waals surface area (Å²) in [6.45, 7) is 0.671. The molecule has 1 heterocycles. The second kappa shape index (κ2) is 4.06. The average Bonchev–Trinajstić information content (AvgIpc) is 3.05. The van der Waals surface area contributed by atoms with Gasteiger partial charge >= 0.3 is 0 Å². The molecule has 82 valence electrons. The predicted molar refractivity (Wildman–Crippen MR) is 59.6 cm³/mol. The van der Waals surface area contributed by atoms with E-state index < -0.39 is 0 Å². The Morgan fingerprint density at radius 1 is 1.19 bits per heavy atom. The number of hydrogen-bond acceptors (Lipinski definition) is 4. The average molecular weight is 215 g/mol. The van der Waals surface area contributed by atoms with Gasteiger partial charge in [0.2, 0.25) is 11.8 Å². The summed E-state index contributed by atoms with van der Waals surface area (Å²) in [5.41, 5.74) is 0.965. The Kier molecular flexibility index (Phi) is 2.42. The first kappa shape index (κ1) is 9.54. The highest BCUT2D eigenvalue weighted by molar-refractivity contribution is 5.51. The zero-order valence-electron chi connectivity index (χ0n) is 8.89. The van der Waals surface area contributed by atoms with Crippen LogP contribution in [0.25, 0.3) is 11.5 Å². The molecule has 1 aliphatic rings. The summed E-state index contributed by atoms with van der Waals surface area (Å²) in [6, 6.07) is 10.5. The maximum Gasteiger partial charge on any atom is 0.247 e. The van der Waals surface area contributed by atoms with E-state index in [0.29, 0.717) is 24.4 Å². The van der Waals surface area contributed by atoms with Crippen LogP contribution in [-0.4, -0.2) is 16.2 Å². The Balaban J connectivity index is 1.71. The van der Waals surface area contributed by atoms with Crippen LogP contribution in [0.3, 0.4) is 0 Å². The van der Waals surface area contributed by atoms with Gasteiger partial charge in [0.1, 0.15) is 0 Å². The van der Waals surface area contributed by atoms with Gasteiger partial charge in [-0.1, -0.05) is 18.2 Å². The van der Waals surface area contributed by atoms with E-state index in [1.54, 1.807) is 0 Å². The Morgan fingerprint density at radius 2 is 2.00 bits per heavy atom. The highest BCUT2D eigenvalue weighted by atomic mass is 16.4. The minimum atomic E-state index is 0.591. The highest BCUT2D eigenvalue weighted by Gasteiger charge is 2.21. The molecule has 3 rings (SSSR count). The van der Waals surface area contributed by atoms with Crippen molar-refractivity contribution in [1.29, 1.82) is 0 Å². The van der Waals surface area contributed by atoms with Gasteiger partial charge < -0.3 is 9.73 Å². The summed E-state index contributed by atoms with van der Waals surface area (Å²) >= 11 is 0. The number of aromatic nitrogens is 2. The predicted octanol–water partition coefficient (Wildman–Crippen LogP) is 1.99. The number of rotatable bonds is 4. The fourth-order valence-corrected chi connectivity index (χ4v) is 1.54. The summed E-state index contributed by atoms with van der Waals surface area (Å²) in [4.78, 5) is 0.